The molecule has 7 nitrogen and oxygen atoms in total. The fourth-order valence-corrected chi connectivity index (χ4v) is 2.44. The molecule has 4 N–H and O–H groups in total. The number of carbonyl (C=O) groups is 1. The molecule has 0 aliphatic carbocycles. The molecule has 0 aliphatic rings. The Balaban J connectivity index is 0.00000450. The minimum absolute atomic E-state index is 0. The Kier molecular flexibility index (Phi) is 11.6. The smallest absolute Gasteiger partial charge is 0.255 e. The van der Waals surface area contributed by atoms with Crippen LogP contribution in [-0.2, 0) is 11.3 Å². The first-order valence-electron chi connectivity index (χ1n) is 9.41. The number of nitrogens with two attached hydrogens (primary N) is 1. The summed E-state index contributed by atoms with van der Waals surface area (Å²) in [4.78, 5) is 15.4. The SMILES string of the molecule is CCNC(=NCc1cccc(OCC(N)=O)c1)NCC(C)Oc1ccccc1F.I. The van der Waals surface area contributed by atoms with Crippen LogP contribution in [0.25, 0.3) is 0 Å². The van der Waals surface area contributed by atoms with Crippen molar-refractivity contribution >= 4 is 35.8 Å². The molecule has 0 aliphatic heterocycles. The van der Waals surface area contributed by atoms with Crippen LogP contribution in [0, 0.1) is 5.82 Å². The Labute approximate surface area is 193 Å². The standard InChI is InChI=1S/C21H27FN4O3.HI/c1-3-24-21(25-12-15(2)29-19-10-5-4-9-18(19)22)26-13-16-7-6-8-17(11-16)28-14-20(23)27;/h4-11,15H,3,12-14H2,1-2H3,(H2,23,27)(H2,24,25,26);1H. The van der Waals surface area contributed by atoms with Crippen LogP contribution in [0.2, 0.25) is 0 Å². The van der Waals surface area contributed by atoms with Gasteiger partial charge in [0.05, 0.1) is 13.1 Å². The maximum absolute atomic E-state index is 13.7. The molecule has 0 heterocycles. The van der Waals surface area contributed by atoms with Gasteiger partial charge in [0.25, 0.3) is 5.91 Å². The zero-order valence-electron chi connectivity index (χ0n) is 17.1. The zero-order valence-corrected chi connectivity index (χ0v) is 19.4. The van der Waals surface area contributed by atoms with Crippen LogP contribution in [0.5, 0.6) is 11.5 Å². The van der Waals surface area contributed by atoms with Crippen molar-refractivity contribution in [3.05, 3.63) is 59.9 Å². The highest BCUT2D eigenvalue weighted by atomic mass is 127. The summed E-state index contributed by atoms with van der Waals surface area (Å²) in [6.07, 6.45) is -0.263. The molecule has 164 valence electrons. The molecule has 2 rings (SSSR count). The van der Waals surface area contributed by atoms with Gasteiger partial charge >= 0.3 is 0 Å². The number of amides is 1. The molecular weight excluding hydrogens is 502 g/mol. The molecule has 2 aromatic carbocycles. The molecule has 0 aromatic heterocycles. The van der Waals surface area contributed by atoms with Gasteiger partial charge in [0.1, 0.15) is 11.9 Å². The van der Waals surface area contributed by atoms with Crippen molar-refractivity contribution in [1.82, 2.24) is 10.6 Å². The lowest BCUT2D eigenvalue weighted by atomic mass is 10.2. The van der Waals surface area contributed by atoms with E-state index in [-0.39, 0.29) is 42.4 Å². The van der Waals surface area contributed by atoms with Crippen LogP contribution >= 0.6 is 24.0 Å². The fourth-order valence-electron chi connectivity index (χ4n) is 2.44. The fraction of sp³-hybridized carbons (Fsp3) is 0.333. The number of nitrogens with zero attached hydrogens (tertiary/aromatic N) is 1. The Bertz CT molecular complexity index is 835. The van der Waals surface area contributed by atoms with E-state index >= 15 is 0 Å². The minimum Gasteiger partial charge on any atom is -0.486 e. The molecule has 1 unspecified atom stereocenters. The molecule has 0 spiro atoms. The van der Waals surface area contributed by atoms with Crippen LogP contribution in [0.4, 0.5) is 4.39 Å². The van der Waals surface area contributed by atoms with E-state index in [0.29, 0.717) is 31.3 Å². The number of aliphatic imine (C=N–C) groups is 1. The van der Waals surface area contributed by atoms with E-state index in [4.69, 9.17) is 15.2 Å². The quantitative estimate of drug-likeness (QED) is 0.250. The van der Waals surface area contributed by atoms with Gasteiger partial charge in [-0.25, -0.2) is 9.38 Å². The van der Waals surface area contributed by atoms with E-state index in [1.165, 1.54) is 6.07 Å². The Hall–Kier alpha value is -2.56. The first-order valence-corrected chi connectivity index (χ1v) is 9.41. The number of rotatable bonds is 10. The summed E-state index contributed by atoms with van der Waals surface area (Å²) in [5.74, 6) is 0.468. The van der Waals surface area contributed by atoms with Gasteiger partial charge in [-0.2, -0.15) is 0 Å². The molecule has 0 radical (unpaired) electrons. The van der Waals surface area contributed by atoms with Crippen molar-refractivity contribution in [1.29, 1.82) is 0 Å². The van der Waals surface area contributed by atoms with Gasteiger partial charge < -0.3 is 25.8 Å². The van der Waals surface area contributed by atoms with Gasteiger partial charge in [-0.1, -0.05) is 24.3 Å². The summed E-state index contributed by atoms with van der Waals surface area (Å²) in [6, 6.07) is 13.6. The van der Waals surface area contributed by atoms with E-state index < -0.39 is 11.7 Å². The molecule has 30 heavy (non-hydrogen) atoms. The lowest BCUT2D eigenvalue weighted by Crippen LogP contribution is -2.41. The molecule has 1 amide bonds. The Morgan fingerprint density at radius 3 is 2.67 bits per heavy atom. The third kappa shape index (κ3) is 9.29. The number of carbonyl (C=O) groups excluding carboxylic acids is 1. The average Bonchev–Trinajstić information content (AvgIpc) is 2.70. The number of guanidine groups is 1. The Morgan fingerprint density at radius 1 is 1.20 bits per heavy atom. The summed E-state index contributed by atoms with van der Waals surface area (Å²) in [6.45, 7) is 5.19. The van der Waals surface area contributed by atoms with Gasteiger partial charge in [-0.15, -0.1) is 24.0 Å². The molecule has 2 aromatic rings. The van der Waals surface area contributed by atoms with Crippen LogP contribution in [-0.4, -0.2) is 37.7 Å². The van der Waals surface area contributed by atoms with Crippen molar-refractivity contribution in [2.75, 3.05) is 19.7 Å². The highest BCUT2D eigenvalue weighted by Crippen LogP contribution is 2.17. The third-order valence-corrected chi connectivity index (χ3v) is 3.77. The first kappa shape index (κ1) is 25.5. The summed E-state index contributed by atoms with van der Waals surface area (Å²) in [5, 5.41) is 6.34. The van der Waals surface area contributed by atoms with E-state index in [2.05, 4.69) is 15.6 Å². The molecule has 0 bridgehead atoms. The number of hydrogen-bond acceptors (Lipinski definition) is 4. The predicted molar refractivity (Wildman–Crippen MR) is 126 cm³/mol. The number of primary amides is 1. The normalized spacial score (nSPS) is 11.8. The second kappa shape index (κ2) is 13.6. The number of para-hydroxylation sites is 1. The molecular formula is C21H28FIN4O3. The van der Waals surface area contributed by atoms with Gasteiger partial charge in [0.2, 0.25) is 0 Å². The summed E-state index contributed by atoms with van der Waals surface area (Å²) < 4.78 is 24.6. The van der Waals surface area contributed by atoms with E-state index in [1.807, 2.05) is 26.0 Å². The second-order valence-electron chi connectivity index (χ2n) is 6.34. The number of nitrogens with one attached hydrogen (secondary N) is 2. The molecule has 0 fully saturated rings. The number of halogens is 2. The summed E-state index contributed by atoms with van der Waals surface area (Å²) in [7, 11) is 0. The van der Waals surface area contributed by atoms with Gasteiger partial charge in [0.15, 0.2) is 24.1 Å². The van der Waals surface area contributed by atoms with E-state index in [9.17, 15) is 9.18 Å². The summed E-state index contributed by atoms with van der Waals surface area (Å²) in [5.41, 5.74) is 6.01. The Morgan fingerprint density at radius 2 is 1.97 bits per heavy atom. The minimum atomic E-state index is -0.529. The highest BCUT2D eigenvalue weighted by Gasteiger charge is 2.09. The van der Waals surface area contributed by atoms with Crippen LogP contribution in [0.15, 0.2) is 53.5 Å². The van der Waals surface area contributed by atoms with Crippen LogP contribution < -0.4 is 25.8 Å². The van der Waals surface area contributed by atoms with Crippen LogP contribution in [0.3, 0.4) is 0 Å². The lowest BCUT2D eigenvalue weighted by Gasteiger charge is -2.18. The van der Waals surface area contributed by atoms with Crippen molar-refractivity contribution in [2.24, 2.45) is 10.7 Å². The zero-order chi connectivity index (χ0) is 21.1. The molecule has 0 saturated heterocycles. The van der Waals surface area contributed by atoms with Crippen LogP contribution in [0.1, 0.15) is 19.4 Å². The maximum atomic E-state index is 13.7. The second-order valence-corrected chi connectivity index (χ2v) is 6.34. The van der Waals surface area contributed by atoms with Crippen molar-refractivity contribution in [3.63, 3.8) is 0 Å². The number of benzene rings is 2. The topological polar surface area (TPSA) is 98.0 Å². The van der Waals surface area contributed by atoms with E-state index in [1.54, 1.807) is 30.3 Å². The lowest BCUT2D eigenvalue weighted by molar-refractivity contribution is -0.119. The molecule has 0 saturated carbocycles. The highest BCUT2D eigenvalue weighted by molar-refractivity contribution is 14.0. The van der Waals surface area contributed by atoms with Gasteiger partial charge in [-0.05, 0) is 43.7 Å². The average molecular weight is 530 g/mol. The van der Waals surface area contributed by atoms with Gasteiger partial charge in [0, 0.05) is 6.54 Å². The third-order valence-electron chi connectivity index (χ3n) is 3.77. The number of hydrogen-bond donors (Lipinski definition) is 3. The number of ether oxygens (including phenoxy) is 2. The first-order chi connectivity index (χ1) is 14.0. The van der Waals surface area contributed by atoms with Crippen molar-refractivity contribution in [2.45, 2.75) is 26.5 Å². The van der Waals surface area contributed by atoms with E-state index in [0.717, 1.165) is 5.56 Å². The monoisotopic (exact) mass is 530 g/mol. The van der Waals surface area contributed by atoms with Crippen molar-refractivity contribution in [3.8, 4) is 11.5 Å². The molecule has 9 heteroatoms. The van der Waals surface area contributed by atoms with Crippen molar-refractivity contribution < 1.29 is 18.7 Å². The predicted octanol–water partition coefficient (Wildman–Crippen LogP) is 2.83. The van der Waals surface area contributed by atoms with Gasteiger partial charge in [-0.3, -0.25) is 4.79 Å². The summed E-state index contributed by atoms with van der Waals surface area (Å²) >= 11 is 0. The maximum Gasteiger partial charge on any atom is 0.255 e. The largest absolute Gasteiger partial charge is 0.486 e. The molecule has 1 atom stereocenters.